The summed E-state index contributed by atoms with van der Waals surface area (Å²) >= 11 is 3.56. The van der Waals surface area contributed by atoms with E-state index in [1.807, 2.05) is 24.8 Å². The van der Waals surface area contributed by atoms with Crippen molar-refractivity contribution in [3.63, 3.8) is 0 Å². The molecule has 0 radical (unpaired) electrons. The maximum absolute atomic E-state index is 13.2. The first-order chi connectivity index (χ1) is 13.7. The number of hydrogen-bond acceptors (Lipinski definition) is 5. The summed E-state index contributed by atoms with van der Waals surface area (Å²) in [4.78, 5) is 26.8. The molecule has 1 unspecified atom stereocenters. The van der Waals surface area contributed by atoms with Crippen molar-refractivity contribution in [1.82, 2.24) is 15.5 Å². The summed E-state index contributed by atoms with van der Waals surface area (Å²) in [6, 6.07) is -0.774. The Labute approximate surface area is 181 Å². The van der Waals surface area contributed by atoms with Gasteiger partial charge in [-0.15, -0.1) is 0 Å². The van der Waals surface area contributed by atoms with Gasteiger partial charge >= 0.3 is 6.09 Å². The topological polar surface area (TPSA) is 96.7 Å². The van der Waals surface area contributed by atoms with Crippen LogP contribution < -0.4 is 16.4 Å². The molecule has 29 heavy (non-hydrogen) atoms. The lowest BCUT2D eigenvalue weighted by molar-refractivity contribution is -0.135. The molecule has 0 saturated carbocycles. The van der Waals surface area contributed by atoms with Crippen LogP contribution in [0.3, 0.4) is 0 Å². The van der Waals surface area contributed by atoms with Gasteiger partial charge < -0.3 is 26.0 Å². The molecular formula is C21H31BrN4O3. The molecule has 1 heterocycles. The second kappa shape index (κ2) is 9.63. The maximum Gasteiger partial charge on any atom is 0.407 e. The highest BCUT2D eigenvalue weighted by Gasteiger charge is 2.55. The standard InChI is InChI=1S/C21H31BrN4O3/c1-6-14(4)10-15(22)16(12-23)24-17-11-21(17)8-7-9-26(21)19(27)18(13(2)3)25-20(28)29-5/h6,10-11,13,16,18,24H,1,4,7-9,12,23H2,2-3,5H3,(H,25,28)/b15-10-/t16-,18+,21?/m1/s1. The number of likely N-dealkylation sites (tertiary alicyclic amines) is 1. The summed E-state index contributed by atoms with van der Waals surface area (Å²) in [6.45, 7) is 12.4. The molecule has 1 aliphatic heterocycles. The van der Waals surface area contributed by atoms with Gasteiger partial charge in [0.05, 0.1) is 13.2 Å². The van der Waals surface area contributed by atoms with Crippen LogP contribution >= 0.6 is 15.9 Å². The third-order valence-electron chi connectivity index (χ3n) is 5.33. The number of rotatable bonds is 9. The van der Waals surface area contributed by atoms with E-state index in [2.05, 4.69) is 50.5 Å². The van der Waals surface area contributed by atoms with E-state index in [0.29, 0.717) is 13.1 Å². The van der Waals surface area contributed by atoms with Gasteiger partial charge in [-0.1, -0.05) is 49.0 Å². The van der Waals surface area contributed by atoms with Crippen molar-refractivity contribution >= 4 is 27.9 Å². The fourth-order valence-electron chi connectivity index (χ4n) is 3.58. The molecule has 1 saturated heterocycles. The van der Waals surface area contributed by atoms with Crippen molar-refractivity contribution in [3.8, 4) is 0 Å². The number of carbonyl (C=O) groups is 2. The number of nitrogens with zero attached hydrogens (tertiary/aromatic N) is 1. The van der Waals surface area contributed by atoms with Crippen molar-refractivity contribution in [2.75, 3.05) is 20.2 Å². The second-order valence-corrected chi connectivity index (χ2v) is 8.59. The van der Waals surface area contributed by atoms with Crippen LogP contribution in [0, 0.1) is 5.92 Å². The van der Waals surface area contributed by atoms with Crippen LogP contribution in [0.15, 0.2) is 47.1 Å². The maximum atomic E-state index is 13.2. The Morgan fingerprint density at radius 3 is 2.72 bits per heavy atom. The van der Waals surface area contributed by atoms with Crippen molar-refractivity contribution in [2.24, 2.45) is 11.7 Å². The lowest BCUT2D eigenvalue weighted by Crippen LogP contribution is -2.54. The first kappa shape index (κ1) is 23.2. The monoisotopic (exact) mass is 466 g/mol. The van der Waals surface area contributed by atoms with Gasteiger partial charge in [0.2, 0.25) is 5.91 Å². The second-order valence-electron chi connectivity index (χ2n) is 7.67. The SMILES string of the molecule is C=CC(=C)/C=C(\Br)[C@@H](CN)NC1=CC12CCCN2C(=O)[C@@H](NC(=O)OC)C(C)C. The molecule has 1 spiro atoms. The molecule has 0 aromatic heterocycles. The van der Waals surface area contributed by atoms with Crippen LogP contribution in [0.25, 0.3) is 0 Å². The lowest BCUT2D eigenvalue weighted by Gasteiger charge is -2.32. The molecule has 3 atom stereocenters. The molecule has 8 heteroatoms. The fourth-order valence-corrected chi connectivity index (χ4v) is 4.18. The zero-order chi connectivity index (χ0) is 21.8. The first-order valence-corrected chi connectivity index (χ1v) is 10.5. The Morgan fingerprint density at radius 2 is 2.17 bits per heavy atom. The summed E-state index contributed by atoms with van der Waals surface area (Å²) in [5.74, 6) is -0.164. The van der Waals surface area contributed by atoms with Crippen LogP contribution in [-0.4, -0.2) is 54.7 Å². The van der Waals surface area contributed by atoms with Crippen molar-refractivity contribution in [1.29, 1.82) is 0 Å². The normalized spacial score (nSPS) is 22.8. The van der Waals surface area contributed by atoms with Gasteiger partial charge in [0.1, 0.15) is 11.6 Å². The van der Waals surface area contributed by atoms with E-state index in [1.165, 1.54) is 7.11 Å². The van der Waals surface area contributed by atoms with Gasteiger partial charge in [0, 0.05) is 23.3 Å². The predicted molar refractivity (Wildman–Crippen MR) is 118 cm³/mol. The van der Waals surface area contributed by atoms with E-state index < -0.39 is 17.7 Å². The molecule has 2 amide bonds. The third-order valence-corrected chi connectivity index (χ3v) is 6.11. The Balaban J connectivity index is 2.12. The summed E-state index contributed by atoms with van der Waals surface area (Å²) < 4.78 is 5.55. The van der Waals surface area contributed by atoms with E-state index >= 15 is 0 Å². The summed E-state index contributed by atoms with van der Waals surface area (Å²) in [5.41, 5.74) is 7.29. The fraction of sp³-hybridized carbons (Fsp3) is 0.524. The number of ether oxygens (including phenoxy) is 1. The van der Waals surface area contributed by atoms with Gasteiger partial charge in [-0.25, -0.2) is 4.79 Å². The predicted octanol–water partition coefficient (Wildman–Crippen LogP) is 2.56. The molecule has 0 aromatic carbocycles. The van der Waals surface area contributed by atoms with E-state index in [0.717, 1.165) is 28.6 Å². The number of hydrogen-bond donors (Lipinski definition) is 3. The number of allylic oxidation sites excluding steroid dienone is 3. The van der Waals surface area contributed by atoms with Gasteiger partial charge in [0.15, 0.2) is 0 Å². The van der Waals surface area contributed by atoms with Crippen LogP contribution in [-0.2, 0) is 9.53 Å². The zero-order valence-electron chi connectivity index (χ0n) is 17.3. The highest BCUT2D eigenvalue weighted by Crippen LogP contribution is 2.47. The number of nitrogens with one attached hydrogen (secondary N) is 2. The number of amides is 2. The minimum atomic E-state index is -0.638. The van der Waals surface area contributed by atoms with E-state index in [9.17, 15) is 9.59 Å². The van der Waals surface area contributed by atoms with Gasteiger partial charge in [0.25, 0.3) is 0 Å². The number of alkyl carbamates (subject to hydrolysis) is 1. The van der Waals surface area contributed by atoms with Gasteiger partial charge in [-0.2, -0.15) is 0 Å². The smallest absolute Gasteiger partial charge is 0.407 e. The zero-order valence-corrected chi connectivity index (χ0v) is 18.9. The van der Waals surface area contributed by atoms with Crippen LogP contribution in [0.1, 0.15) is 26.7 Å². The minimum Gasteiger partial charge on any atom is -0.453 e. The number of methoxy groups -OCH3 is 1. The molecule has 2 rings (SSSR count). The van der Waals surface area contributed by atoms with Gasteiger partial charge in [-0.3, -0.25) is 4.79 Å². The number of halogens is 1. The number of carbonyl (C=O) groups excluding carboxylic acids is 2. The van der Waals surface area contributed by atoms with E-state index in [-0.39, 0.29) is 17.9 Å². The first-order valence-electron chi connectivity index (χ1n) is 9.74. The van der Waals surface area contributed by atoms with Crippen LogP contribution in [0.5, 0.6) is 0 Å². The molecule has 0 bridgehead atoms. The largest absolute Gasteiger partial charge is 0.453 e. The highest BCUT2D eigenvalue weighted by atomic mass is 79.9. The highest BCUT2D eigenvalue weighted by molar-refractivity contribution is 9.11. The van der Waals surface area contributed by atoms with Crippen molar-refractivity contribution in [3.05, 3.63) is 47.1 Å². The third kappa shape index (κ3) is 5.11. The van der Waals surface area contributed by atoms with E-state index in [1.54, 1.807) is 6.08 Å². The summed E-state index contributed by atoms with van der Waals surface area (Å²) in [7, 11) is 1.29. The Hall–Kier alpha value is -2.06. The number of nitrogens with two attached hydrogens (primary N) is 1. The summed E-state index contributed by atoms with van der Waals surface area (Å²) in [5, 5.41) is 6.12. The van der Waals surface area contributed by atoms with Gasteiger partial charge in [-0.05, 0) is 36.5 Å². The van der Waals surface area contributed by atoms with Crippen LogP contribution in [0.4, 0.5) is 4.79 Å². The van der Waals surface area contributed by atoms with Crippen molar-refractivity contribution in [2.45, 2.75) is 44.3 Å². The molecule has 2 aliphatic rings. The Bertz CT molecular complexity index is 746. The molecule has 1 aliphatic carbocycles. The molecule has 160 valence electrons. The van der Waals surface area contributed by atoms with Crippen LogP contribution in [0.2, 0.25) is 0 Å². The summed E-state index contributed by atoms with van der Waals surface area (Å²) in [6.07, 6.45) is 6.76. The average Bonchev–Trinajstić information content (AvgIpc) is 3.20. The average molecular weight is 467 g/mol. The van der Waals surface area contributed by atoms with Crippen molar-refractivity contribution < 1.29 is 14.3 Å². The minimum absolute atomic E-state index is 0.0619. The Morgan fingerprint density at radius 1 is 1.48 bits per heavy atom. The molecule has 0 aromatic rings. The molecule has 1 fully saturated rings. The lowest BCUT2D eigenvalue weighted by atomic mass is 10.0. The molecular weight excluding hydrogens is 436 g/mol. The quantitative estimate of drug-likeness (QED) is 0.453. The molecule has 7 nitrogen and oxygen atoms in total. The Kier molecular flexibility index (Phi) is 7.71. The molecule has 4 N–H and O–H groups in total. The van der Waals surface area contributed by atoms with E-state index in [4.69, 9.17) is 5.73 Å².